The average Bonchev–Trinajstić information content (AvgIpc) is 3.88. The highest BCUT2D eigenvalue weighted by atomic mass is 35.5. The zero-order valence-electron chi connectivity index (χ0n) is 28.9. The molecule has 12 nitrogen and oxygen atoms in total. The summed E-state index contributed by atoms with van der Waals surface area (Å²) in [6.07, 6.45) is -8.18. The van der Waals surface area contributed by atoms with Gasteiger partial charge in [-0.05, 0) is 78.4 Å². The van der Waals surface area contributed by atoms with Gasteiger partial charge in [-0.15, -0.1) is 0 Å². The molecular formula is C35H32ClF7N8O4. The van der Waals surface area contributed by atoms with Crippen molar-refractivity contribution in [2.75, 3.05) is 35.6 Å². The Morgan fingerprint density at radius 3 is 2.02 bits per heavy atom. The third-order valence-corrected chi connectivity index (χ3v) is 8.33. The van der Waals surface area contributed by atoms with Crippen LogP contribution in [0.5, 0.6) is 6.01 Å². The molecule has 0 radical (unpaired) electrons. The molecule has 0 aliphatic heterocycles. The molecule has 3 aromatic carbocycles. The van der Waals surface area contributed by atoms with Crippen LogP contribution in [0.15, 0.2) is 66.7 Å². The van der Waals surface area contributed by atoms with Crippen molar-refractivity contribution in [2.24, 2.45) is 5.41 Å². The van der Waals surface area contributed by atoms with Gasteiger partial charge in [0.2, 0.25) is 11.9 Å². The van der Waals surface area contributed by atoms with Crippen molar-refractivity contribution >= 4 is 52.6 Å². The second-order valence-corrected chi connectivity index (χ2v) is 13.7. The Bertz CT molecular complexity index is 2040. The van der Waals surface area contributed by atoms with Gasteiger partial charge in [0.05, 0.1) is 11.1 Å². The number of aromatic nitrogens is 3. The number of nitrogens with zero attached hydrogens (tertiary/aromatic N) is 3. The van der Waals surface area contributed by atoms with E-state index in [1.54, 1.807) is 26.0 Å². The predicted molar refractivity (Wildman–Crippen MR) is 186 cm³/mol. The highest BCUT2D eigenvalue weighted by Gasteiger charge is 2.45. The van der Waals surface area contributed by atoms with Gasteiger partial charge in [0.15, 0.2) is 6.61 Å². The second kappa shape index (κ2) is 15.9. The summed E-state index contributed by atoms with van der Waals surface area (Å²) < 4.78 is 95.7. The van der Waals surface area contributed by atoms with Gasteiger partial charge >= 0.3 is 30.2 Å². The minimum Gasteiger partial charge on any atom is -0.454 e. The summed E-state index contributed by atoms with van der Waals surface area (Å²) >= 11 is 6.01. The largest absolute Gasteiger partial charge is 0.454 e. The van der Waals surface area contributed by atoms with E-state index in [2.05, 4.69) is 36.2 Å². The summed E-state index contributed by atoms with van der Waals surface area (Å²) in [7, 11) is 0. The first-order chi connectivity index (χ1) is 25.7. The van der Waals surface area contributed by atoms with Gasteiger partial charge in [0.25, 0.3) is 5.91 Å². The molecule has 1 aliphatic carbocycles. The van der Waals surface area contributed by atoms with Gasteiger partial charge in [-0.2, -0.15) is 41.3 Å². The zero-order valence-corrected chi connectivity index (χ0v) is 29.6. The van der Waals surface area contributed by atoms with E-state index >= 15 is 0 Å². The number of carbonyl (C=O) groups is 3. The molecule has 0 unspecified atom stereocenters. The van der Waals surface area contributed by atoms with Gasteiger partial charge < -0.3 is 31.3 Å². The summed E-state index contributed by atoms with van der Waals surface area (Å²) in [6.45, 7) is 1.64. The molecule has 1 aliphatic rings. The first-order valence-electron chi connectivity index (χ1n) is 16.3. The number of anilines is 4. The fourth-order valence-corrected chi connectivity index (χ4v) is 5.13. The monoisotopic (exact) mass is 796 g/mol. The van der Waals surface area contributed by atoms with E-state index in [0.717, 1.165) is 11.6 Å². The predicted octanol–water partition coefficient (Wildman–Crippen LogP) is 6.98. The molecule has 0 spiro atoms. The molecule has 1 saturated carbocycles. The van der Waals surface area contributed by atoms with Gasteiger partial charge in [-0.1, -0.05) is 37.6 Å². The van der Waals surface area contributed by atoms with Gasteiger partial charge in [-0.25, -0.2) is 4.39 Å². The lowest BCUT2D eigenvalue weighted by atomic mass is 9.93. The van der Waals surface area contributed by atoms with E-state index in [1.165, 1.54) is 24.3 Å². The highest BCUT2D eigenvalue weighted by Crippen LogP contribution is 2.48. The summed E-state index contributed by atoms with van der Waals surface area (Å²) in [6, 6.07) is 14.1. The van der Waals surface area contributed by atoms with E-state index in [0.29, 0.717) is 35.7 Å². The van der Waals surface area contributed by atoms with E-state index in [4.69, 9.17) is 16.3 Å². The number of alkyl halides is 6. The summed E-state index contributed by atoms with van der Waals surface area (Å²) in [4.78, 5) is 49.7. The number of benzene rings is 3. The number of hydrogen-bond acceptors (Lipinski definition) is 9. The lowest BCUT2D eigenvalue weighted by Gasteiger charge is -2.25. The van der Waals surface area contributed by atoms with Gasteiger partial charge in [-0.3, -0.25) is 14.4 Å². The normalized spacial score (nSPS) is 13.7. The number of nitrogens with one attached hydrogen (secondary N) is 5. The standard InChI is InChI=1S/C35H32ClF7N8O4/c1-32(2,17-45-27(53)28(54)46-23-11-12-24(25(37)15-23)35(41,42)43)16-44-26(52)19-3-9-22(10-4-19)47-29-48-30(50-31(49-29)55-18-34(38,39)40)51-33(13-14-33)20-5-7-21(36)8-6-20/h3-12,15H,13-14,16-18H2,1-2H3,(H,44,52)(H,45,53)(H,46,54)(H2,47,48,49,50,51). The van der Waals surface area contributed by atoms with Crippen molar-refractivity contribution in [3.63, 3.8) is 0 Å². The number of halogens is 8. The van der Waals surface area contributed by atoms with Crippen LogP contribution < -0.4 is 31.3 Å². The molecule has 0 atom stereocenters. The summed E-state index contributed by atoms with van der Waals surface area (Å²) in [5.41, 5.74) is -1.77. The lowest BCUT2D eigenvalue weighted by Crippen LogP contribution is -2.45. The molecule has 0 saturated heterocycles. The molecule has 1 heterocycles. The van der Waals surface area contributed by atoms with E-state index < -0.39 is 65.0 Å². The highest BCUT2D eigenvalue weighted by molar-refractivity contribution is 6.39. The molecule has 5 rings (SSSR count). The second-order valence-electron chi connectivity index (χ2n) is 13.3. The lowest BCUT2D eigenvalue weighted by molar-refractivity contribution is -0.154. The van der Waals surface area contributed by atoms with Crippen LogP contribution in [0.2, 0.25) is 5.02 Å². The summed E-state index contributed by atoms with van der Waals surface area (Å²) in [5, 5.41) is 13.7. The molecule has 3 amide bonds. The Labute approximate surface area is 313 Å². The van der Waals surface area contributed by atoms with Crippen molar-refractivity contribution < 1.29 is 49.9 Å². The summed E-state index contributed by atoms with van der Waals surface area (Å²) in [5.74, 6) is -4.68. The van der Waals surface area contributed by atoms with Crippen LogP contribution in [0.4, 0.5) is 54.0 Å². The minimum absolute atomic E-state index is 0.0245. The molecule has 20 heteroatoms. The van der Waals surface area contributed by atoms with E-state index in [9.17, 15) is 45.1 Å². The average molecular weight is 797 g/mol. The fourth-order valence-electron chi connectivity index (χ4n) is 5.00. The van der Waals surface area contributed by atoms with Gasteiger partial charge in [0.1, 0.15) is 5.82 Å². The number of ether oxygens (including phenoxy) is 1. The maximum atomic E-state index is 13.8. The van der Waals surface area contributed by atoms with Crippen LogP contribution in [0.1, 0.15) is 48.2 Å². The van der Waals surface area contributed by atoms with Gasteiger partial charge in [0, 0.05) is 35.1 Å². The Kier molecular flexibility index (Phi) is 11.7. The first kappa shape index (κ1) is 40.5. The van der Waals surface area contributed by atoms with Crippen LogP contribution in [-0.2, 0) is 21.3 Å². The first-order valence-corrected chi connectivity index (χ1v) is 16.7. The minimum atomic E-state index is -4.93. The topological polar surface area (TPSA) is 159 Å². The smallest absolute Gasteiger partial charge is 0.422 e. The van der Waals surface area contributed by atoms with Crippen LogP contribution in [0.25, 0.3) is 0 Å². The molecule has 292 valence electrons. The van der Waals surface area contributed by atoms with Crippen molar-refractivity contribution in [3.8, 4) is 6.01 Å². The van der Waals surface area contributed by atoms with Crippen LogP contribution in [0, 0.1) is 11.2 Å². The number of rotatable bonds is 13. The molecule has 5 N–H and O–H groups in total. The quantitative estimate of drug-likeness (QED) is 0.0711. The fraction of sp³-hybridized carbons (Fsp3) is 0.314. The SMILES string of the molecule is CC(C)(CNC(=O)C(=O)Nc1ccc(C(F)(F)F)c(F)c1)CNC(=O)c1ccc(Nc2nc(NC3(c4ccc(Cl)cc4)CC3)nc(OCC(F)(F)F)n2)cc1. The molecule has 55 heavy (non-hydrogen) atoms. The molecule has 0 bridgehead atoms. The van der Waals surface area contributed by atoms with Crippen LogP contribution in [-0.4, -0.2) is 58.5 Å². The number of hydrogen-bond donors (Lipinski definition) is 5. The third kappa shape index (κ3) is 11.4. The van der Waals surface area contributed by atoms with Crippen molar-refractivity contribution in [3.05, 3.63) is 94.3 Å². The van der Waals surface area contributed by atoms with Crippen LogP contribution in [0.3, 0.4) is 0 Å². The maximum Gasteiger partial charge on any atom is 0.422 e. The Hall–Kier alpha value is -5.72. The maximum absolute atomic E-state index is 13.8. The Balaban J connectivity index is 1.15. The van der Waals surface area contributed by atoms with Crippen molar-refractivity contribution in [1.82, 2.24) is 25.6 Å². The Morgan fingerprint density at radius 1 is 0.800 bits per heavy atom. The molecule has 1 aromatic heterocycles. The van der Waals surface area contributed by atoms with Crippen molar-refractivity contribution in [2.45, 2.75) is 44.6 Å². The van der Waals surface area contributed by atoms with E-state index in [1.807, 2.05) is 17.4 Å². The molecule has 4 aromatic rings. The Morgan fingerprint density at radius 2 is 1.42 bits per heavy atom. The van der Waals surface area contributed by atoms with Crippen molar-refractivity contribution in [1.29, 1.82) is 0 Å². The number of carbonyl (C=O) groups excluding carboxylic acids is 3. The van der Waals surface area contributed by atoms with Crippen LogP contribution >= 0.6 is 11.6 Å². The third-order valence-electron chi connectivity index (χ3n) is 8.07. The molecule has 1 fully saturated rings. The number of amides is 3. The zero-order chi connectivity index (χ0) is 40.2. The van der Waals surface area contributed by atoms with E-state index in [-0.39, 0.29) is 36.2 Å². The molecular weight excluding hydrogens is 765 g/mol.